The molecule has 1 aromatic carbocycles. The van der Waals surface area contributed by atoms with Gasteiger partial charge >= 0.3 is 0 Å². The van der Waals surface area contributed by atoms with Gasteiger partial charge in [0.25, 0.3) is 0 Å². The van der Waals surface area contributed by atoms with Crippen LogP contribution >= 0.6 is 0 Å². The first-order valence-electron chi connectivity index (χ1n) is 8.69. The molecule has 0 spiro atoms. The SMILES string of the molecule is CCC1CCC(CN)(OCc2ccc3c(c2)CCC3)CC1. The maximum Gasteiger partial charge on any atom is 0.0808 e. The van der Waals surface area contributed by atoms with Crippen molar-refractivity contribution in [1.82, 2.24) is 0 Å². The minimum Gasteiger partial charge on any atom is -0.369 e. The summed E-state index contributed by atoms with van der Waals surface area (Å²) >= 11 is 0. The van der Waals surface area contributed by atoms with E-state index in [4.69, 9.17) is 10.5 Å². The van der Waals surface area contributed by atoms with E-state index >= 15 is 0 Å². The van der Waals surface area contributed by atoms with Crippen molar-refractivity contribution >= 4 is 0 Å². The molecule has 0 unspecified atom stereocenters. The van der Waals surface area contributed by atoms with Gasteiger partial charge in [0.15, 0.2) is 0 Å². The van der Waals surface area contributed by atoms with Crippen LogP contribution in [-0.4, -0.2) is 12.1 Å². The molecule has 2 N–H and O–H groups in total. The summed E-state index contributed by atoms with van der Waals surface area (Å²) in [5, 5.41) is 0. The minimum absolute atomic E-state index is 0.0648. The third kappa shape index (κ3) is 3.32. The molecule has 2 aliphatic rings. The van der Waals surface area contributed by atoms with Gasteiger partial charge in [0, 0.05) is 6.54 Å². The summed E-state index contributed by atoms with van der Waals surface area (Å²) in [5.74, 6) is 0.883. The number of aryl methyl sites for hydroxylation is 2. The molecule has 21 heavy (non-hydrogen) atoms. The van der Waals surface area contributed by atoms with Crippen molar-refractivity contribution in [2.45, 2.75) is 70.5 Å². The molecule has 0 radical (unpaired) electrons. The van der Waals surface area contributed by atoms with Crippen LogP contribution in [0.5, 0.6) is 0 Å². The Morgan fingerprint density at radius 2 is 1.95 bits per heavy atom. The Morgan fingerprint density at radius 1 is 1.19 bits per heavy atom. The second kappa shape index (κ2) is 6.50. The summed E-state index contributed by atoms with van der Waals surface area (Å²) in [6, 6.07) is 6.89. The Morgan fingerprint density at radius 3 is 2.67 bits per heavy atom. The summed E-state index contributed by atoms with van der Waals surface area (Å²) in [6.45, 7) is 3.68. The van der Waals surface area contributed by atoms with Crippen LogP contribution in [0.3, 0.4) is 0 Å². The van der Waals surface area contributed by atoms with Crippen LogP contribution in [0.2, 0.25) is 0 Å². The standard InChI is InChI=1S/C19H29NO/c1-2-15-8-10-19(14-20,11-9-15)21-13-16-6-7-17-4-3-5-18(17)12-16/h6-7,12,15H,2-5,8-11,13-14,20H2,1H3. The molecule has 0 aliphatic heterocycles. The fourth-order valence-corrected chi connectivity index (χ4v) is 3.97. The van der Waals surface area contributed by atoms with E-state index in [1.165, 1.54) is 55.2 Å². The highest BCUT2D eigenvalue weighted by molar-refractivity contribution is 5.35. The zero-order chi connectivity index (χ0) is 14.7. The highest BCUT2D eigenvalue weighted by Gasteiger charge is 2.34. The van der Waals surface area contributed by atoms with Crippen LogP contribution in [0, 0.1) is 5.92 Å². The van der Waals surface area contributed by atoms with Gasteiger partial charge in [-0.1, -0.05) is 31.5 Å². The first kappa shape index (κ1) is 15.1. The van der Waals surface area contributed by atoms with Crippen LogP contribution in [0.15, 0.2) is 18.2 Å². The van der Waals surface area contributed by atoms with E-state index in [0.717, 1.165) is 25.4 Å². The number of hydrogen-bond donors (Lipinski definition) is 1. The molecule has 2 heteroatoms. The monoisotopic (exact) mass is 287 g/mol. The van der Waals surface area contributed by atoms with Gasteiger partial charge in [-0.25, -0.2) is 0 Å². The van der Waals surface area contributed by atoms with E-state index in [2.05, 4.69) is 25.1 Å². The van der Waals surface area contributed by atoms with E-state index in [1.54, 1.807) is 0 Å². The predicted molar refractivity (Wildman–Crippen MR) is 87.3 cm³/mol. The van der Waals surface area contributed by atoms with E-state index < -0.39 is 0 Å². The van der Waals surface area contributed by atoms with Crippen molar-refractivity contribution in [2.24, 2.45) is 11.7 Å². The normalized spacial score (nSPS) is 28.6. The molecule has 1 fully saturated rings. The number of benzene rings is 1. The zero-order valence-corrected chi connectivity index (χ0v) is 13.4. The predicted octanol–water partition coefficient (Wildman–Crippen LogP) is 3.99. The molecule has 0 aromatic heterocycles. The molecule has 3 rings (SSSR count). The number of hydrogen-bond acceptors (Lipinski definition) is 2. The molecule has 0 heterocycles. The number of rotatable bonds is 5. The first-order chi connectivity index (χ1) is 10.2. The number of nitrogens with two attached hydrogens (primary N) is 1. The molecule has 1 saturated carbocycles. The van der Waals surface area contributed by atoms with Crippen molar-refractivity contribution in [3.05, 3.63) is 34.9 Å². The summed E-state index contributed by atoms with van der Waals surface area (Å²) in [5.41, 5.74) is 10.4. The highest BCUT2D eigenvalue weighted by Crippen LogP contribution is 2.36. The van der Waals surface area contributed by atoms with E-state index in [9.17, 15) is 0 Å². The Hall–Kier alpha value is -0.860. The quantitative estimate of drug-likeness (QED) is 0.888. The Bertz CT molecular complexity index is 474. The largest absolute Gasteiger partial charge is 0.369 e. The second-order valence-corrected chi connectivity index (χ2v) is 6.98. The second-order valence-electron chi connectivity index (χ2n) is 6.98. The van der Waals surface area contributed by atoms with Gasteiger partial charge in [-0.15, -0.1) is 0 Å². The molecule has 0 bridgehead atoms. The van der Waals surface area contributed by atoms with Crippen LogP contribution in [0.4, 0.5) is 0 Å². The lowest BCUT2D eigenvalue weighted by atomic mass is 9.77. The van der Waals surface area contributed by atoms with Gasteiger partial charge in [0.2, 0.25) is 0 Å². The third-order valence-corrected chi connectivity index (χ3v) is 5.67. The summed E-state index contributed by atoms with van der Waals surface area (Å²) < 4.78 is 6.33. The maximum atomic E-state index is 6.33. The average molecular weight is 287 g/mol. The molecule has 0 amide bonds. The van der Waals surface area contributed by atoms with Gasteiger partial charge in [0.05, 0.1) is 12.2 Å². The summed E-state index contributed by atoms with van der Waals surface area (Å²) in [6.07, 6.45) is 9.91. The Kier molecular flexibility index (Phi) is 4.66. The molecule has 116 valence electrons. The molecular formula is C19H29NO. The third-order valence-electron chi connectivity index (χ3n) is 5.67. The summed E-state index contributed by atoms with van der Waals surface area (Å²) in [4.78, 5) is 0. The van der Waals surface area contributed by atoms with Crippen LogP contribution in [-0.2, 0) is 24.2 Å². The smallest absolute Gasteiger partial charge is 0.0808 e. The van der Waals surface area contributed by atoms with Crippen molar-refractivity contribution in [2.75, 3.05) is 6.54 Å². The average Bonchev–Trinajstić information content (AvgIpc) is 3.01. The fraction of sp³-hybridized carbons (Fsp3) is 0.684. The first-order valence-corrected chi connectivity index (χ1v) is 8.69. The van der Waals surface area contributed by atoms with Crippen LogP contribution in [0.25, 0.3) is 0 Å². The van der Waals surface area contributed by atoms with Crippen molar-refractivity contribution in [3.8, 4) is 0 Å². The molecule has 0 atom stereocenters. The molecule has 2 nitrogen and oxygen atoms in total. The highest BCUT2D eigenvalue weighted by atomic mass is 16.5. The minimum atomic E-state index is -0.0648. The van der Waals surface area contributed by atoms with Crippen molar-refractivity contribution in [3.63, 3.8) is 0 Å². The van der Waals surface area contributed by atoms with Crippen molar-refractivity contribution in [1.29, 1.82) is 0 Å². The Labute approximate surface area is 129 Å². The molecule has 0 saturated heterocycles. The van der Waals surface area contributed by atoms with Gasteiger partial charge in [-0.2, -0.15) is 0 Å². The molecule has 1 aromatic rings. The molecule has 2 aliphatic carbocycles. The number of ether oxygens (including phenoxy) is 1. The van der Waals surface area contributed by atoms with Crippen LogP contribution < -0.4 is 5.73 Å². The lowest BCUT2D eigenvalue weighted by molar-refractivity contribution is -0.0813. The lowest BCUT2D eigenvalue weighted by Gasteiger charge is -2.39. The van der Waals surface area contributed by atoms with Gasteiger partial charge in [-0.3, -0.25) is 0 Å². The van der Waals surface area contributed by atoms with E-state index in [1.807, 2.05) is 0 Å². The fourth-order valence-electron chi connectivity index (χ4n) is 3.97. The number of fused-ring (bicyclic) bond motifs is 1. The molecular weight excluding hydrogens is 258 g/mol. The Balaban J connectivity index is 1.60. The zero-order valence-electron chi connectivity index (χ0n) is 13.4. The van der Waals surface area contributed by atoms with Gasteiger partial charge in [-0.05, 0) is 67.6 Å². The van der Waals surface area contributed by atoms with Crippen molar-refractivity contribution < 1.29 is 4.74 Å². The topological polar surface area (TPSA) is 35.2 Å². The maximum absolute atomic E-state index is 6.33. The lowest BCUT2D eigenvalue weighted by Crippen LogP contribution is -2.43. The summed E-state index contributed by atoms with van der Waals surface area (Å²) in [7, 11) is 0. The van der Waals surface area contributed by atoms with Gasteiger partial charge in [0.1, 0.15) is 0 Å². The van der Waals surface area contributed by atoms with Gasteiger partial charge < -0.3 is 10.5 Å². The van der Waals surface area contributed by atoms with Crippen LogP contribution in [0.1, 0.15) is 62.1 Å². The van der Waals surface area contributed by atoms with E-state index in [-0.39, 0.29) is 5.60 Å². The van der Waals surface area contributed by atoms with E-state index in [0.29, 0.717) is 6.54 Å².